The molecule has 4 heteroatoms. The maximum absolute atomic E-state index is 12.1. The minimum atomic E-state index is -0.211. The summed E-state index contributed by atoms with van der Waals surface area (Å²) in [6.07, 6.45) is 3.49. The molecule has 1 aliphatic rings. The summed E-state index contributed by atoms with van der Waals surface area (Å²) in [6.45, 7) is 4.91. The number of aryl methyl sites for hydroxylation is 1. The Bertz CT molecular complexity index is 453. The quantitative estimate of drug-likeness (QED) is 0.780. The monoisotopic (exact) mass is 262 g/mol. The summed E-state index contributed by atoms with van der Waals surface area (Å²) >= 11 is 0. The van der Waals surface area contributed by atoms with E-state index < -0.39 is 0 Å². The van der Waals surface area contributed by atoms with Crippen LogP contribution in [0, 0.1) is 6.92 Å². The van der Waals surface area contributed by atoms with Crippen LogP contribution in [0.2, 0.25) is 0 Å². The van der Waals surface area contributed by atoms with Gasteiger partial charge in [0.25, 0.3) is 5.91 Å². The van der Waals surface area contributed by atoms with Gasteiger partial charge in [-0.25, -0.2) is 0 Å². The summed E-state index contributed by atoms with van der Waals surface area (Å²) in [6, 6.07) is 5.50. The predicted octanol–water partition coefficient (Wildman–Crippen LogP) is 1.96. The van der Waals surface area contributed by atoms with Crippen molar-refractivity contribution in [2.45, 2.75) is 45.2 Å². The number of hydrogen-bond acceptors (Lipinski definition) is 3. The van der Waals surface area contributed by atoms with Gasteiger partial charge < -0.3 is 15.7 Å². The lowest BCUT2D eigenvalue weighted by atomic mass is 9.98. The van der Waals surface area contributed by atoms with E-state index in [0.717, 1.165) is 18.5 Å². The van der Waals surface area contributed by atoms with Gasteiger partial charge in [0.1, 0.15) is 5.75 Å². The molecule has 0 saturated carbocycles. The fourth-order valence-corrected chi connectivity index (χ4v) is 2.52. The Labute approximate surface area is 114 Å². The van der Waals surface area contributed by atoms with Crippen LogP contribution in [0.3, 0.4) is 0 Å². The Kier molecular flexibility index (Phi) is 4.43. The molecule has 19 heavy (non-hydrogen) atoms. The first-order valence-electron chi connectivity index (χ1n) is 6.92. The Balaban J connectivity index is 1.99. The van der Waals surface area contributed by atoms with E-state index >= 15 is 0 Å². The van der Waals surface area contributed by atoms with Crippen molar-refractivity contribution >= 4 is 5.91 Å². The van der Waals surface area contributed by atoms with Crippen LogP contribution >= 0.6 is 0 Å². The topological polar surface area (TPSA) is 61.4 Å². The second-order valence-corrected chi connectivity index (χ2v) is 5.34. The van der Waals surface area contributed by atoms with Crippen molar-refractivity contribution in [3.63, 3.8) is 0 Å². The number of hydrogen-bond donors (Lipinski definition) is 3. The van der Waals surface area contributed by atoms with Crippen molar-refractivity contribution in [2.75, 3.05) is 6.54 Å². The highest BCUT2D eigenvalue weighted by Gasteiger charge is 2.22. The van der Waals surface area contributed by atoms with Crippen LogP contribution in [0.15, 0.2) is 18.2 Å². The van der Waals surface area contributed by atoms with E-state index in [0.29, 0.717) is 11.6 Å². The summed E-state index contributed by atoms with van der Waals surface area (Å²) in [4.78, 5) is 12.1. The van der Waals surface area contributed by atoms with Gasteiger partial charge in [-0.05, 0) is 50.9 Å². The van der Waals surface area contributed by atoms with E-state index in [1.807, 2.05) is 19.9 Å². The summed E-state index contributed by atoms with van der Waals surface area (Å²) in [5.41, 5.74) is 1.28. The van der Waals surface area contributed by atoms with Crippen LogP contribution in [0.1, 0.15) is 42.1 Å². The fourth-order valence-electron chi connectivity index (χ4n) is 2.52. The zero-order valence-corrected chi connectivity index (χ0v) is 11.6. The average molecular weight is 262 g/mol. The molecule has 2 atom stereocenters. The largest absolute Gasteiger partial charge is 0.507 e. The van der Waals surface area contributed by atoms with Crippen molar-refractivity contribution in [2.24, 2.45) is 0 Å². The Morgan fingerprint density at radius 1 is 1.47 bits per heavy atom. The zero-order valence-electron chi connectivity index (χ0n) is 11.6. The van der Waals surface area contributed by atoms with Crippen LogP contribution in [-0.2, 0) is 0 Å². The third-order valence-electron chi connectivity index (χ3n) is 3.71. The molecule has 1 aromatic rings. The van der Waals surface area contributed by atoms with E-state index in [-0.39, 0.29) is 17.7 Å². The highest BCUT2D eigenvalue weighted by atomic mass is 16.3. The van der Waals surface area contributed by atoms with Crippen LogP contribution < -0.4 is 10.6 Å². The second kappa shape index (κ2) is 6.06. The molecule has 104 valence electrons. The molecule has 0 aromatic heterocycles. The van der Waals surface area contributed by atoms with Gasteiger partial charge in [0.05, 0.1) is 5.56 Å². The first-order chi connectivity index (χ1) is 9.08. The lowest BCUT2D eigenvalue weighted by Crippen LogP contribution is -2.50. The van der Waals surface area contributed by atoms with Crippen molar-refractivity contribution < 1.29 is 9.90 Å². The van der Waals surface area contributed by atoms with Gasteiger partial charge >= 0.3 is 0 Å². The van der Waals surface area contributed by atoms with E-state index in [9.17, 15) is 9.90 Å². The molecule has 1 amide bonds. The van der Waals surface area contributed by atoms with Crippen LogP contribution in [-0.4, -0.2) is 29.6 Å². The lowest BCUT2D eigenvalue weighted by molar-refractivity contribution is 0.0925. The zero-order chi connectivity index (χ0) is 13.8. The molecule has 0 aliphatic carbocycles. The number of piperidine rings is 1. The molecule has 0 bridgehead atoms. The normalized spacial score (nSPS) is 20.8. The molecule has 1 aliphatic heterocycles. The average Bonchev–Trinajstić information content (AvgIpc) is 2.39. The molecule has 1 fully saturated rings. The lowest BCUT2D eigenvalue weighted by Gasteiger charge is -2.29. The standard InChI is InChI=1S/C15H22N2O2/c1-10-6-7-12(14(18)9-10)15(19)17-11(2)13-5-3-4-8-16-13/h6-7,9,11,13,16,18H,3-5,8H2,1-2H3,(H,17,19). The van der Waals surface area contributed by atoms with Gasteiger partial charge in [-0.1, -0.05) is 12.5 Å². The number of benzene rings is 1. The van der Waals surface area contributed by atoms with E-state index in [1.54, 1.807) is 12.1 Å². The van der Waals surface area contributed by atoms with Gasteiger partial charge in [-0.3, -0.25) is 4.79 Å². The van der Waals surface area contributed by atoms with Crippen molar-refractivity contribution in [3.8, 4) is 5.75 Å². The number of phenolic OH excluding ortho intramolecular Hbond substituents is 1. The first-order valence-corrected chi connectivity index (χ1v) is 6.92. The maximum atomic E-state index is 12.1. The summed E-state index contributed by atoms with van der Waals surface area (Å²) in [5, 5.41) is 16.2. The number of rotatable bonds is 3. The van der Waals surface area contributed by atoms with Crippen LogP contribution in [0.5, 0.6) is 5.75 Å². The maximum Gasteiger partial charge on any atom is 0.255 e. The van der Waals surface area contributed by atoms with Crippen LogP contribution in [0.4, 0.5) is 0 Å². The smallest absolute Gasteiger partial charge is 0.255 e. The fraction of sp³-hybridized carbons (Fsp3) is 0.533. The third kappa shape index (κ3) is 3.47. The summed E-state index contributed by atoms with van der Waals surface area (Å²) < 4.78 is 0. The number of carbonyl (C=O) groups is 1. The molecule has 4 nitrogen and oxygen atoms in total. The highest BCUT2D eigenvalue weighted by Crippen LogP contribution is 2.19. The first kappa shape index (κ1) is 13.9. The number of amides is 1. The predicted molar refractivity (Wildman–Crippen MR) is 75.4 cm³/mol. The van der Waals surface area contributed by atoms with Crippen molar-refractivity contribution in [1.29, 1.82) is 0 Å². The van der Waals surface area contributed by atoms with Gasteiger partial charge in [0.2, 0.25) is 0 Å². The van der Waals surface area contributed by atoms with Crippen LogP contribution in [0.25, 0.3) is 0 Å². The highest BCUT2D eigenvalue weighted by molar-refractivity contribution is 5.97. The molecular formula is C15H22N2O2. The molecule has 0 spiro atoms. The third-order valence-corrected chi connectivity index (χ3v) is 3.71. The van der Waals surface area contributed by atoms with Gasteiger partial charge in [-0.2, -0.15) is 0 Å². The Morgan fingerprint density at radius 3 is 2.89 bits per heavy atom. The molecule has 0 radical (unpaired) electrons. The minimum Gasteiger partial charge on any atom is -0.507 e. The Hall–Kier alpha value is -1.55. The summed E-state index contributed by atoms with van der Waals surface area (Å²) in [5.74, 6) is -0.168. The van der Waals surface area contributed by atoms with Gasteiger partial charge in [0.15, 0.2) is 0 Å². The van der Waals surface area contributed by atoms with Gasteiger partial charge in [-0.15, -0.1) is 0 Å². The number of aromatic hydroxyl groups is 1. The molecule has 1 heterocycles. The molecule has 1 aromatic carbocycles. The molecule has 2 unspecified atom stereocenters. The van der Waals surface area contributed by atoms with Crippen molar-refractivity contribution in [1.82, 2.24) is 10.6 Å². The van der Waals surface area contributed by atoms with E-state index in [1.165, 1.54) is 12.8 Å². The Morgan fingerprint density at radius 2 is 2.26 bits per heavy atom. The number of nitrogens with one attached hydrogen (secondary N) is 2. The SMILES string of the molecule is Cc1ccc(C(=O)NC(C)C2CCCCN2)c(O)c1. The molecular weight excluding hydrogens is 240 g/mol. The minimum absolute atomic E-state index is 0.0429. The van der Waals surface area contributed by atoms with E-state index in [4.69, 9.17) is 0 Å². The summed E-state index contributed by atoms with van der Waals surface area (Å²) in [7, 11) is 0. The number of phenols is 1. The van der Waals surface area contributed by atoms with E-state index in [2.05, 4.69) is 10.6 Å². The van der Waals surface area contributed by atoms with Gasteiger partial charge in [0, 0.05) is 12.1 Å². The number of carbonyl (C=O) groups excluding carboxylic acids is 1. The molecule has 3 N–H and O–H groups in total. The van der Waals surface area contributed by atoms with Crippen molar-refractivity contribution in [3.05, 3.63) is 29.3 Å². The second-order valence-electron chi connectivity index (χ2n) is 5.34. The molecule has 1 saturated heterocycles. The molecule has 2 rings (SSSR count).